The maximum atomic E-state index is 8.80. The number of ether oxygens (including phenoxy) is 3. The summed E-state index contributed by atoms with van der Waals surface area (Å²) in [5.41, 5.74) is 1.22. The topological polar surface area (TPSA) is 47.9 Å². The highest BCUT2D eigenvalue weighted by Gasteiger charge is 2.48. The molecule has 1 N–H and O–H groups in total. The summed E-state index contributed by atoms with van der Waals surface area (Å²) < 4.78 is 18.0. The zero-order chi connectivity index (χ0) is 16.6. The largest absolute Gasteiger partial charge is 0.396 e. The van der Waals surface area contributed by atoms with Gasteiger partial charge in [-0.05, 0) is 37.7 Å². The van der Waals surface area contributed by atoms with Crippen LogP contribution < -0.4 is 0 Å². The van der Waals surface area contributed by atoms with Gasteiger partial charge in [0.1, 0.15) is 0 Å². The van der Waals surface area contributed by atoms with E-state index in [0.29, 0.717) is 30.7 Å². The van der Waals surface area contributed by atoms with Crippen LogP contribution >= 0.6 is 0 Å². The summed E-state index contributed by atoms with van der Waals surface area (Å²) >= 11 is 0. The monoisotopic (exact) mass is 334 g/mol. The van der Waals surface area contributed by atoms with Gasteiger partial charge in [0.25, 0.3) is 0 Å². The highest BCUT2D eigenvalue weighted by molar-refractivity contribution is 5.13. The van der Waals surface area contributed by atoms with Gasteiger partial charge < -0.3 is 19.3 Å². The number of unbranched alkanes of at least 4 members (excludes halogenated alkanes) is 2. The maximum absolute atomic E-state index is 8.80. The highest BCUT2D eigenvalue weighted by atomic mass is 16.5. The van der Waals surface area contributed by atoms with Crippen LogP contribution in [0.25, 0.3) is 0 Å². The van der Waals surface area contributed by atoms with Gasteiger partial charge in [-0.2, -0.15) is 0 Å². The van der Waals surface area contributed by atoms with Crippen LogP contribution in [0.4, 0.5) is 0 Å². The Kier molecular flexibility index (Phi) is 7.09. The lowest BCUT2D eigenvalue weighted by molar-refractivity contribution is 0.0206. The van der Waals surface area contributed by atoms with E-state index >= 15 is 0 Å². The van der Waals surface area contributed by atoms with E-state index in [4.69, 9.17) is 19.3 Å². The van der Waals surface area contributed by atoms with Crippen LogP contribution in [-0.4, -0.2) is 43.7 Å². The molecule has 0 spiro atoms. The Morgan fingerprint density at radius 3 is 2.33 bits per heavy atom. The first-order chi connectivity index (χ1) is 11.9. The average molecular weight is 334 g/mol. The molecule has 0 aromatic heterocycles. The van der Waals surface area contributed by atoms with Gasteiger partial charge in [0.05, 0.1) is 32.0 Å². The fraction of sp³-hybridized carbons (Fsp3) is 0.700. The molecular weight excluding hydrogens is 304 g/mol. The Balaban J connectivity index is 1.39. The molecule has 2 bridgehead atoms. The number of aliphatic hydroxyl groups is 1. The van der Waals surface area contributed by atoms with Crippen molar-refractivity contribution in [1.82, 2.24) is 0 Å². The van der Waals surface area contributed by atoms with E-state index in [2.05, 4.69) is 12.1 Å². The maximum Gasteiger partial charge on any atom is 0.0717 e. The molecule has 2 fully saturated rings. The molecule has 1 aromatic carbocycles. The number of aliphatic hydroxyl groups excluding tert-OH is 1. The third-order valence-corrected chi connectivity index (χ3v) is 5.27. The molecule has 4 heteroatoms. The van der Waals surface area contributed by atoms with Gasteiger partial charge in [0.15, 0.2) is 0 Å². The van der Waals surface area contributed by atoms with Gasteiger partial charge in [-0.1, -0.05) is 30.3 Å². The summed E-state index contributed by atoms with van der Waals surface area (Å²) in [6, 6.07) is 10.3. The van der Waals surface area contributed by atoms with Crippen LogP contribution in [0.15, 0.2) is 30.3 Å². The Morgan fingerprint density at radius 2 is 1.62 bits per heavy atom. The zero-order valence-corrected chi connectivity index (χ0v) is 14.4. The standard InChI is InChI=1S/C20H30O4/c21-11-5-2-6-12-22-14-17-18(20-10-9-19(17)24-20)15-23-13-16-7-3-1-4-8-16/h1,3-4,7-8,17-21H,2,5-6,9-15H2. The first-order valence-electron chi connectivity index (χ1n) is 9.34. The second-order valence-corrected chi connectivity index (χ2v) is 6.98. The van der Waals surface area contributed by atoms with Crippen molar-refractivity contribution in [2.24, 2.45) is 11.8 Å². The van der Waals surface area contributed by atoms with Crippen LogP contribution in [0.1, 0.15) is 37.7 Å². The minimum absolute atomic E-state index is 0.279. The number of rotatable bonds is 11. The van der Waals surface area contributed by atoms with Crippen molar-refractivity contribution < 1.29 is 19.3 Å². The minimum atomic E-state index is 0.279. The second kappa shape index (κ2) is 9.52. The van der Waals surface area contributed by atoms with E-state index in [1.54, 1.807) is 0 Å². The van der Waals surface area contributed by atoms with E-state index in [1.807, 2.05) is 18.2 Å². The minimum Gasteiger partial charge on any atom is -0.396 e. The van der Waals surface area contributed by atoms with Crippen molar-refractivity contribution in [3.63, 3.8) is 0 Å². The first kappa shape index (κ1) is 17.9. The first-order valence-corrected chi connectivity index (χ1v) is 9.34. The lowest BCUT2D eigenvalue weighted by Crippen LogP contribution is -2.34. The third-order valence-electron chi connectivity index (χ3n) is 5.27. The van der Waals surface area contributed by atoms with Crippen LogP contribution in [-0.2, 0) is 20.8 Å². The smallest absolute Gasteiger partial charge is 0.0717 e. The van der Waals surface area contributed by atoms with Crippen molar-refractivity contribution in [2.45, 2.75) is 50.9 Å². The van der Waals surface area contributed by atoms with E-state index in [1.165, 1.54) is 12.0 Å². The van der Waals surface area contributed by atoms with Gasteiger partial charge in [-0.3, -0.25) is 0 Å². The molecule has 2 saturated heterocycles. The number of hydrogen-bond acceptors (Lipinski definition) is 4. The Labute approximate surface area is 145 Å². The number of fused-ring (bicyclic) bond motifs is 2. The summed E-state index contributed by atoms with van der Waals surface area (Å²) in [5, 5.41) is 8.80. The van der Waals surface area contributed by atoms with Gasteiger partial charge in [-0.25, -0.2) is 0 Å². The van der Waals surface area contributed by atoms with Crippen molar-refractivity contribution in [3.05, 3.63) is 35.9 Å². The summed E-state index contributed by atoms with van der Waals surface area (Å²) in [5.74, 6) is 0.933. The summed E-state index contributed by atoms with van der Waals surface area (Å²) in [6.07, 6.45) is 5.98. The summed E-state index contributed by atoms with van der Waals surface area (Å²) in [4.78, 5) is 0. The molecule has 0 aliphatic carbocycles. The molecule has 3 rings (SSSR count). The van der Waals surface area contributed by atoms with E-state index in [-0.39, 0.29) is 6.61 Å². The Bertz CT molecular complexity index is 464. The van der Waals surface area contributed by atoms with Crippen molar-refractivity contribution in [3.8, 4) is 0 Å². The molecule has 24 heavy (non-hydrogen) atoms. The van der Waals surface area contributed by atoms with Gasteiger partial charge in [-0.15, -0.1) is 0 Å². The molecule has 4 atom stereocenters. The van der Waals surface area contributed by atoms with Crippen LogP contribution in [0.3, 0.4) is 0 Å². The summed E-state index contributed by atoms with van der Waals surface area (Å²) in [7, 11) is 0. The van der Waals surface area contributed by atoms with Crippen molar-refractivity contribution in [2.75, 3.05) is 26.4 Å². The normalized spacial score (nSPS) is 28.5. The van der Waals surface area contributed by atoms with Crippen molar-refractivity contribution in [1.29, 1.82) is 0 Å². The molecule has 0 radical (unpaired) electrons. The molecule has 0 amide bonds. The molecule has 1 aromatic rings. The molecule has 4 unspecified atom stereocenters. The SMILES string of the molecule is OCCCCCOCC1C2CCC(O2)C1COCc1ccccc1. The lowest BCUT2D eigenvalue weighted by atomic mass is 9.80. The van der Waals surface area contributed by atoms with Gasteiger partial charge in [0, 0.05) is 25.0 Å². The molecule has 2 aliphatic heterocycles. The lowest BCUT2D eigenvalue weighted by Gasteiger charge is -2.27. The molecule has 0 saturated carbocycles. The Morgan fingerprint density at radius 1 is 0.917 bits per heavy atom. The third kappa shape index (κ3) is 4.79. The van der Waals surface area contributed by atoms with Crippen LogP contribution in [0, 0.1) is 11.8 Å². The molecular formula is C20H30O4. The fourth-order valence-corrected chi connectivity index (χ4v) is 3.93. The average Bonchev–Trinajstić information content (AvgIpc) is 3.21. The summed E-state index contributed by atoms with van der Waals surface area (Å²) in [6.45, 7) is 3.27. The molecule has 2 aliphatic rings. The fourth-order valence-electron chi connectivity index (χ4n) is 3.93. The highest BCUT2D eigenvalue weighted by Crippen LogP contribution is 2.43. The van der Waals surface area contributed by atoms with E-state index < -0.39 is 0 Å². The van der Waals surface area contributed by atoms with Crippen LogP contribution in [0.5, 0.6) is 0 Å². The predicted octanol–water partition coefficient (Wildman–Crippen LogP) is 3.18. The van der Waals surface area contributed by atoms with Crippen LogP contribution in [0.2, 0.25) is 0 Å². The zero-order valence-electron chi connectivity index (χ0n) is 14.4. The molecule has 2 heterocycles. The van der Waals surface area contributed by atoms with Gasteiger partial charge in [0.2, 0.25) is 0 Å². The molecule has 134 valence electrons. The second-order valence-electron chi connectivity index (χ2n) is 6.98. The predicted molar refractivity (Wildman–Crippen MR) is 92.7 cm³/mol. The quantitative estimate of drug-likeness (QED) is 0.632. The van der Waals surface area contributed by atoms with Crippen molar-refractivity contribution >= 4 is 0 Å². The van der Waals surface area contributed by atoms with Gasteiger partial charge >= 0.3 is 0 Å². The number of hydrogen-bond donors (Lipinski definition) is 1. The molecule has 4 nitrogen and oxygen atoms in total. The number of benzene rings is 1. The van der Waals surface area contributed by atoms with E-state index in [0.717, 1.165) is 45.5 Å². The Hall–Kier alpha value is -0.940. The van der Waals surface area contributed by atoms with E-state index in [9.17, 15) is 0 Å².